The first-order chi connectivity index (χ1) is 13.0. The Morgan fingerprint density at radius 1 is 1.11 bits per heavy atom. The van der Waals surface area contributed by atoms with Crippen molar-refractivity contribution in [1.82, 2.24) is 5.32 Å². The van der Waals surface area contributed by atoms with Crippen LogP contribution in [0.25, 0.3) is 0 Å². The zero-order valence-corrected chi connectivity index (χ0v) is 15.3. The van der Waals surface area contributed by atoms with Gasteiger partial charge in [0.2, 0.25) is 0 Å². The third-order valence-corrected chi connectivity index (χ3v) is 6.46. The van der Waals surface area contributed by atoms with Gasteiger partial charge in [-0.3, -0.25) is 4.31 Å². The van der Waals surface area contributed by atoms with E-state index >= 15 is 0 Å². The summed E-state index contributed by atoms with van der Waals surface area (Å²) in [6.45, 7) is 2.13. The molecule has 9 heteroatoms. The highest BCUT2D eigenvalue weighted by atomic mass is 32.2. The van der Waals surface area contributed by atoms with E-state index in [1.165, 1.54) is 40.7 Å². The number of rotatable bonds is 4. The fourth-order valence-electron chi connectivity index (χ4n) is 3.39. The van der Waals surface area contributed by atoms with Crippen molar-refractivity contribution in [1.29, 1.82) is 0 Å². The van der Waals surface area contributed by atoms with E-state index in [4.69, 9.17) is 4.74 Å². The Morgan fingerprint density at radius 3 is 2.67 bits per heavy atom. The zero-order chi connectivity index (χ0) is 19.0. The van der Waals surface area contributed by atoms with Crippen molar-refractivity contribution < 1.29 is 21.9 Å². The molecular weight excluding hydrogens is 376 g/mol. The number of nitrogens with one attached hydrogen (secondary N) is 1. The van der Waals surface area contributed by atoms with Gasteiger partial charge < -0.3 is 10.1 Å². The van der Waals surface area contributed by atoms with E-state index in [9.17, 15) is 17.2 Å². The lowest BCUT2D eigenvalue weighted by atomic mass is 10.2. The molecule has 144 valence electrons. The van der Waals surface area contributed by atoms with Gasteiger partial charge in [-0.05, 0) is 30.7 Å². The van der Waals surface area contributed by atoms with Gasteiger partial charge in [0.05, 0.1) is 29.8 Å². The second-order valence-corrected chi connectivity index (χ2v) is 8.12. The Balaban J connectivity index is 1.72. The maximum absolute atomic E-state index is 14.3. The normalized spacial score (nSPS) is 21.3. The van der Waals surface area contributed by atoms with Gasteiger partial charge in [0, 0.05) is 25.7 Å². The summed E-state index contributed by atoms with van der Waals surface area (Å²) in [5, 5.41) is 3.20. The molecular formula is C18H19F2N3O3S. The number of benzene rings is 2. The molecule has 2 aliphatic rings. The van der Waals surface area contributed by atoms with E-state index < -0.39 is 21.8 Å². The summed E-state index contributed by atoms with van der Waals surface area (Å²) < 4.78 is 62.2. The van der Waals surface area contributed by atoms with Gasteiger partial charge in [-0.15, -0.1) is 0 Å². The fourth-order valence-corrected chi connectivity index (χ4v) is 5.12. The molecule has 1 fully saturated rings. The van der Waals surface area contributed by atoms with Crippen LogP contribution in [0.15, 0.2) is 42.5 Å². The van der Waals surface area contributed by atoms with Crippen LogP contribution in [-0.4, -0.2) is 40.8 Å². The number of nitrogens with zero attached hydrogens (tertiary/aromatic N) is 2. The monoisotopic (exact) mass is 395 g/mol. The van der Waals surface area contributed by atoms with E-state index in [1.807, 2.05) is 0 Å². The first-order valence-electron chi connectivity index (χ1n) is 8.68. The molecule has 27 heavy (non-hydrogen) atoms. The smallest absolute Gasteiger partial charge is 0.331 e. The number of para-hydroxylation sites is 1. The van der Waals surface area contributed by atoms with Crippen LogP contribution >= 0.6 is 0 Å². The van der Waals surface area contributed by atoms with Crippen molar-refractivity contribution in [2.45, 2.75) is 12.5 Å². The molecule has 1 atom stereocenters. The Hall–Kier alpha value is -2.23. The van der Waals surface area contributed by atoms with E-state index in [1.54, 1.807) is 0 Å². The first-order valence-corrected chi connectivity index (χ1v) is 10.1. The minimum atomic E-state index is -4.10. The average Bonchev–Trinajstić information content (AvgIpc) is 2.87. The summed E-state index contributed by atoms with van der Waals surface area (Å²) in [6.07, 6.45) is 0.356. The molecule has 0 spiro atoms. The topological polar surface area (TPSA) is 61.9 Å². The predicted molar refractivity (Wildman–Crippen MR) is 98.4 cm³/mol. The zero-order valence-electron chi connectivity index (χ0n) is 14.4. The van der Waals surface area contributed by atoms with Crippen LogP contribution in [0, 0.1) is 11.6 Å². The number of hydrogen-bond acceptors (Lipinski definition) is 4. The number of fused-ring (bicyclic) bond motifs is 1. The van der Waals surface area contributed by atoms with Crippen LogP contribution in [0.1, 0.15) is 6.42 Å². The van der Waals surface area contributed by atoms with Gasteiger partial charge in [0.15, 0.2) is 0 Å². The Kier molecular flexibility index (Phi) is 4.75. The lowest BCUT2D eigenvalue weighted by molar-refractivity contribution is 0.0254. The minimum absolute atomic E-state index is 0.0998. The molecule has 2 aliphatic heterocycles. The van der Waals surface area contributed by atoms with Gasteiger partial charge >= 0.3 is 10.2 Å². The summed E-state index contributed by atoms with van der Waals surface area (Å²) in [5.41, 5.74) is 0.286. The Morgan fingerprint density at radius 2 is 1.93 bits per heavy atom. The molecule has 6 nitrogen and oxygen atoms in total. The second kappa shape index (κ2) is 7.06. The molecule has 0 bridgehead atoms. The molecule has 0 aromatic heterocycles. The third kappa shape index (κ3) is 3.26. The van der Waals surface area contributed by atoms with Gasteiger partial charge in [-0.1, -0.05) is 12.1 Å². The lowest BCUT2D eigenvalue weighted by Crippen LogP contribution is -2.42. The molecule has 0 saturated carbocycles. The SMILES string of the molecule is O=S1(=O)N(CC[C@@H]2CNCCO2)c2ccc(F)cc2N1c1ccccc1F. The van der Waals surface area contributed by atoms with Crippen LogP contribution < -0.4 is 13.9 Å². The van der Waals surface area contributed by atoms with Crippen LogP contribution in [0.2, 0.25) is 0 Å². The van der Waals surface area contributed by atoms with Crippen molar-refractivity contribution in [2.24, 2.45) is 0 Å². The maximum Gasteiger partial charge on any atom is 0.331 e. The van der Waals surface area contributed by atoms with Crippen molar-refractivity contribution in [3.8, 4) is 0 Å². The number of anilines is 3. The van der Waals surface area contributed by atoms with Crippen LogP contribution in [0.3, 0.4) is 0 Å². The molecule has 0 amide bonds. The lowest BCUT2D eigenvalue weighted by Gasteiger charge is -2.26. The van der Waals surface area contributed by atoms with Crippen LogP contribution in [-0.2, 0) is 14.9 Å². The fraction of sp³-hybridized carbons (Fsp3) is 0.333. The van der Waals surface area contributed by atoms with Crippen molar-refractivity contribution >= 4 is 27.3 Å². The molecule has 0 aliphatic carbocycles. The Labute approximate surface area is 156 Å². The second-order valence-electron chi connectivity index (χ2n) is 6.41. The van der Waals surface area contributed by atoms with Crippen LogP contribution in [0.5, 0.6) is 0 Å². The van der Waals surface area contributed by atoms with Crippen molar-refractivity contribution in [3.63, 3.8) is 0 Å². The van der Waals surface area contributed by atoms with E-state index in [0.717, 1.165) is 16.9 Å². The van der Waals surface area contributed by atoms with Gasteiger partial charge in [0.25, 0.3) is 0 Å². The highest BCUT2D eigenvalue weighted by Crippen LogP contribution is 2.46. The highest BCUT2D eigenvalue weighted by Gasteiger charge is 2.42. The Bertz CT molecular complexity index is 949. The van der Waals surface area contributed by atoms with Crippen LogP contribution in [0.4, 0.5) is 25.8 Å². The standard InChI is InChI=1S/C18H19F2N3O3S/c19-13-5-6-17-18(11-13)23(16-4-2-1-3-15(16)20)27(24,25)22(17)9-7-14-12-21-8-10-26-14/h1-6,11,14,21H,7-10,12H2/t14-/m1/s1. The predicted octanol–water partition coefficient (Wildman–Crippen LogP) is 2.55. The first kappa shape index (κ1) is 18.1. The summed E-state index contributed by atoms with van der Waals surface area (Å²) >= 11 is 0. The average molecular weight is 395 g/mol. The van der Waals surface area contributed by atoms with Gasteiger partial charge in [-0.2, -0.15) is 8.42 Å². The van der Waals surface area contributed by atoms with E-state index in [0.29, 0.717) is 25.3 Å². The molecule has 2 heterocycles. The molecule has 1 N–H and O–H groups in total. The van der Waals surface area contributed by atoms with E-state index in [-0.39, 0.29) is 24.0 Å². The largest absolute Gasteiger partial charge is 0.376 e. The summed E-state index contributed by atoms with van der Waals surface area (Å²) in [4.78, 5) is 0. The number of hydrogen-bond donors (Lipinski definition) is 1. The molecule has 2 aromatic carbocycles. The number of ether oxygens (including phenoxy) is 1. The molecule has 0 unspecified atom stereocenters. The minimum Gasteiger partial charge on any atom is -0.376 e. The maximum atomic E-state index is 14.3. The number of morpholine rings is 1. The van der Waals surface area contributed by atoms with E-state index in [2.05, 4.69) is 5.32 Å². The van der Waals surface area contributed by atoms with Gasteiger partial charge in [-0.25, -0.2) is 13.1 Å². The van der Waals surface area contributed by atoms with Crippen molar-refractivity contribution in [3.05, 3.63) is 54.1 Å². The summed E-state index contributed by atoms with van der Waals surface area (Å²) in [5.74, 6) is -1.29. The highest BCUT2D eigenvalue weighted by molar-refractivity contribution is 7.95. The quantitative estimate of drug-likeness (QED) is 0.864. The van der Waals surface area contributed by atoms with Gasteiger partial charge in [0.1, 0.15) is 11.6 Å². The summed E-state index contributed by atoms with van der Waals surface area (Å²) in [6, 6.07) is 9.26. The molecule has 0 radical (unpaired) electrons. The molecule has 2 aromatic rings. The third-order valence-electron chi connectivity index (χ3n) is 4.66. The number of halogens is 2. The summed E-state index contributed by atoms with van der Waals surface area (Å²) in [7, 11) is -4.10. The molecule has 4 rings (SSSR count). The molecule has 1 saturated heterocycles. The van der Waals surface area contributed by atoms with Crippen molar-refractivity contribution in [2.75, 3.05) is 34.9 Å².